The zero-order chi connectivity index (χ0) is 22.9. The van der Waals surface area contributed by atoms with E-state index in [0.29, 0.717) is 12.8 Å². The molecule has 0 aliphatic heterocycles. The summed E-state index contributed by atoms with van der Waals surface area (Å²) in [5.74, 6) is -0.790. The van der Waals surface area contributed by atoms with Crippen molar-refractivity contribution in [3.05, 3.63) is 36.5 Å². The molecule has 4 atom stereocenters. The third kappa shape index (κ3) is 13.2. The molecule has 0 aromatic carbocycles. The van der Waals surface area contributed by atoms with Crippen molar-refractivity contribution in [2.45, 2.75) is 103 Å². The molecule has 0 aromatic rings. The van der Waals surface area contributed by atoms with E-state index in [9.17, 15) is 14.7 Å². The maximum atomic E-state index is 11.6. The lowest BCUT2D eigenvalue weighted by atomic mass is 9.78. The van der Waals surface area contributed by atoms with Gasteiger partial charge in [0, 0.05) is 19.3 Å². The molecule has 0 fully saturated rings. The number of aliphatic carboxylic acids is 1. The van der Waals surface area contributed by atoms with Gasteiger partial charge in [-0.15, -0.1) is 0 Å². The van der Waals surface area contributed by atoms with Crippen LogP contribution in [0.5, 0.6) is 0 Å². The molecule has 0 radical (unpaired) electrons. The van der Waals surface area contributed by atoms with Gasteiger partial charge in [0.2, 0.25) is 0 Å². The number of carboxylic acid groups (broad SMARTS) is 1. The Morgan fingerprint density at radius 1 is 1.03 bits per heavy atom. The first-order valence-corrected chi connectivity index (χ1v) is 12.0. The maximum absolute atomic E-state index is 11.6. The van der Waals surface area contributed by atoms with Gasteiger partial charge in [0.1, 0.15) is 6.10 Å². The lowest BCUT2D eigenvalue weighted by Crippen LogP contribution is -2.32. The lowest BCUT2D eigenvalue weighted by molar-refractivity contribution is -0.150. The van der Waals surface area contributed by atoms with Crippen molar-refractivity contribution in [2.24, 2.45) is 11.8 Å². The number of aliphatic hydroxyl groups is 1. The molecule has 1 aliphatic rings. The summed E-state index contributed by atoms with van der Waals surface area (Å²) in [6, 6.07) is 0. The highest BCUT2D eigenvalue weighted by atomic mass is 16.5. The van der Waals surface area contributed by atoms with E-state index in [1.54, 1.807) is 0 Å². The quantitative estimate of drug-likeness (QED) is 0.135. The number of hydrogen-bond acceptors (Lipinski definition) is 4. The van der Waals surface area contributed by atoms with Crippen molar-refractivity contribution < 1.29 is 24.5 Å². The average Bonchev–Trinajstić information content (AvgIpc) is 2.73. The number of rotatable bonds is 16. The number of carbonyl (C=O) groups excluding carboxylic acids is 1. The van der Waals surface area contributed by atoms with E-state index in [4.69, 9.17) is 9.84 Å². The monoisotopic (exact) mass is 434 g/mol. The molecule has 31 heavy (non-hydrogen) atoms. The van der Waals surface area contributed by atoms with Gasteiger partial charge in [0.25, 0.3) is 0 Å². The summed E-state index contributed by atoms with van der Waals surface area (Å²) in [5.41, 5.74) is 0. The highest BCUT2D eigenvalue weighted by molar-refractivity contribution is 5.67. The molecule has 0 aromatic heterocycles. The van der Waals surface area contributed by atoms with Crippen LogP contribution in [-0.4, -0.2) is 34.4 Å². The number of ether oxygens (including phenoxy) is 1. The van der Waals surface area contributed by atoms with Crippen molar-refractivity contribution in [1.82, 2.24) is 0 Å². The Labute approximate surface area is 188 Å². The van der Waals surface area contributed by atoms with Gasteiger partial charge in [-0.2, -0.15) is 0 Å². The summed E-state index contributed by atoms with van der Waals surface area (Å²) in [5, 5.41) is 19.0. The summed E-state index contributed by atoms with van der Waals surface area (Å²) in [6.45, 7) is 3.62. The van der Waals surface area contributed by atoms with Crippen molar-refractivity contribution in [3.8, 4) is 0 Å². The molecule has 1 aliphatic carbocycles. The number of aliphatic hydroxyl groups excluding tert-OH is 1. The summed E-state index contributed by atoms with van der Waals surface area (Å²) in [4.78, 5) is 22.4. The van der Waals surface area contributed by atoms with Gasteiger partial charge in [0.05, 0.1) is 6.10 Å². The molecular formula is C26H42O5. The van der Waals surface area contributed by atoms with Crippen molar-refractivity contribution in [2.75, 3.05) is 0 Å². The van der Waals surface area contributed by atoms with Crippen LogP contribution < -0.4 is 0 Å². The Bertz CT molecular complexity index is 593. The van der Waals surface area contributed by atoms with Crippen molar-refractivity contribution in [1.29, 1.82) is 0 Å². The normalized spacial score (nSPS) is 20.9. The molecule has 5 nitrogen and oxygen atoms in total. The van der Waals surface area contributed by atoms with Crippen molar-refractivity contribution >= 4 is 11.9 Å². The SMILES string of the molecule is CCCCCCCCC(O)/C=C/C=C/[C@@H]1CC=CC[C@H]1C(CCCC(=O)O)OC(C)=O. The molecular weight excluding hydrogens is 392 g/mol. The minimum Gasteiger partial charge on any atom is -0.481 e. The summed E-state index contributed by atoms with van der Waals surface area (Å²) >= 11 is 0. The zero-order valence-electron chi connectivity index (χ0n) is 19.4. The van der Waals surface area contributed by atoms with E-state index in [0.717, 1.165) is 25.7 Å². The second-order valence-corrected chi connectivity index (χ2v) is 8.60. The van der Waals surface area contributed by atoms with Crippen LogP contribution in [0.15, 0.2) is 36.5 Å². The Balaban J connectivity index is 2.53. The molecule has 0 saturated heterocycles. The smallest absolute Gasteiger partial charge is 0.303 e. The average molecular weight is 435 g/mol. The van der Waals surface area contributed by atoms with Crippen LogP contribution >= 0.6 is 0 Å². The third-order valence-corrected chi connectivity index (χ3v) is 5.86. The number of hydrogen-bond donors (Lipinski definition) is 2. The zero-order valence-corrected chi connectivity index (χ0v) is 19.4. The highest BCUT2D eigenvalue weighted by Crippen LogP contribution is 2.33. The predicted octanol–water partition coefficient (Wildman–Crippen LogP) is 5.98. The lowest BCUT2D eigenvalue weighted by Gasteiger charge is -2.33. The topological polar surface area (TPSA) is 83.8 Å². The molecule has 2 unspecified atom stereocenters. The number of carboxylic acids is 1. The molecule has 2 N–H and O–H groups in total. The number of unbranched alkanes of at least 4 members (excludes halogenated alkanes) is 5. The molecule has 1 rings (SSSR count). The number of carbonyl (C=O) groups is 2. The summed E-state index contributed by atoms with van der Waals surface area (Å²) in [7, 11) is 0. The second-order valence-electron chi connectivity index (χ2n) is 8.60. The van der Waals surface area contributed by atoms with Crippen LogP contribution in [0.2, 0.25) is 0 Å². The van der Waals surface area contributed by atoms with E-state index in [1.165, 1.54) is 39.0 Å². The summed E-state index contributed by atoms with van der Waals surface area (Å²) < 4.78 is 5.57. The van der Waals surface area contributed by atoms with E-state index in [1.807, 2.05) is 18.2 Å². The molecule has 176 valence electrons. The Morgan fingerprint density at radius 3 is 2.45 bits per heavy atom. The van der Waals surface area contributed by atoms with Gasteiger partial charge < -0.3 is 14.9 Å². The molecule has 0 spiro atoms. The predicted molar refractivity (Wildman–Crippen MR) is 125 cm³/mol. The third-order valence-electron chi connectivity index (χ3n) is 5.86. The largest absolute Gasteiger partial charge is 0.481 e. The minimum atomic E-state index is -0.828. The fourth-order valence-electron chi connectivity index (χ4n) is 4.16. The van der Waals surface area contributed by atoms with Crippen LogP contribution in [0.3, 0.4) is 0 Å². The standard InChI is InChI=1S/C26H42O5/c1-3-4-5-6-7-8-16-23(28)17-11-9-14-22-15-10-12-18-24(22)25(31-21(2)27)19-13-20-26(29)30/h9-12,14,17,22-25,28H,3-8,13,15-16,18-20H2,1-2H3,(H,29,30)/b14-9+,17-11+/t22-,23?,24-,25?/m1/s1. The van der Waals surface area contributed by atoms with Crippen LogP contribution in [0.1, 0.15) is 90.9 Å². The number of esters is 1. The number of allylic oxidation sites excluding steroid dienone is 5. The first kappa shape index (κ1) is 27.2. The van der Waals surface area contributed by atoms with Gasteiger partial charge in [-0.05, 0) is 38.0 Å². The van der Waals surface area contributed by atoms with Gasteiger partial charge in [-0.25, -0.2) is 0 Å². The molecule has 0 bridgehead atoms. The Kier molecular flexibility index (Phi) is 14.7. The van der Waals surface area contributed by atoms with E-state index in [2.05, 4.69) is 25.2 Å². The fourth-order valence-corrected chi connectivity index (χ4v) is 4.16. The van der Waals surface area contributed by atoms with Gasteiger partial charge in [-0.3, -0.25) is 9.59 Å². The summed E-state index contributed by atoms with van der Waals surface area (Å²) in [6.07, 6.45) is 22.3. The van der Waals surface area contributed by atoms with Crippen molar-refractivity contribution in [3.63, 3.8) is 0 Å². The van der Waals surface area contributed by atoms with E-state index in [-0.39, 0.29) is 30.3 Å². The molecule has 0 heterocycles. The maximum Gasteiger partial charge on any atom is 0.303 e. The minimum absolute atomic E-state index is 0.0834. The van der Waals surface area contributed by atoms with Crippen LogP contribution in [0.25, 0.3) is 0 Å². The van der Waals surface area contributed by atoms with E-state index >= 15 is 0 Å². The molecule has 0 saturated carbocycles. The Morgan fingerprint density at radius 2 is 1.74 bits per heavy atom. The molecule has 5 heteroatoms. The van der Waals surface area contributed by atoms with E-state index < -0.39 is 12.1 Å². The van der Waals surface area contributed by atoms with Crippen LogP contribution in [-0.2, 0) is 14.3 Å². The Hall–Kier alpha value is -1.88. The van der Waals surface area contributed by atoms with Crippen LogP contribution in [0.4, 0.5) is 0 Å². The van der Waals surface area contributed by atoms with Gasteiger partial charge in [0.15, 0.2) is 0 Å². The van der Waals surface area contributed by atoms with Gasteiger partial charge in [-0.1, -0.05) is 81.9 Å². The first-order chi connectivity index (χ1) is 14.9. The first-order valence-electron chi connectivity index (χ1n) is 12.0. The second kappa shape index (κ2) is 16.8. The van der Waals surface area contributed by atoms with Crippen LogP contribution in [0, 0.1) is 11.8 Å². The fraction of sp³-hybridized carbons (Fsp3) is 0.692. The highest BCUT2D eigenvalue weighted by Gasteiger charge is 2.30. The molecule has 0 amide bonds. The van der Waals surface area contributed by atoms with Gasteiger partial charge >= 0.3 is 11.9 Å².